The molecule has 7 nitrogen and oxygen atoms in total. The van der Waals surface area contributed by atoms with E-state index in [1.165, 1.54) is 0 Å². The van der Waals surface area contributed by atoms with Crippen LogP contribution in [0.5, 0.6) is 0 Å². The number of tetrazole rings is 1. The van der Waals surface area contributed by atoms with E-state index in [9.17, 15) is 4.79 Å². The summed E-state index contributed by atoms with van der Waals surface area (Å²) in [4.78, 5) is 11.7. The van der Waals surface area contributed by atoms with E-state index in [-0.39, 0.29) is 0 Å². The molecule has 1 aromatic heterocycles. The maximum Gasteiger partial charge on any atom is 0.249 e. The van der Waals surface area contributed by atoms with Crippen LogP contribution in [-0.4, -0.2) is 39.7 Å². The molecule has 1 aliphatic rings. The summed E-state index contributed by atoms with van der Waals surface area (Å²) in [5, 5.41) is 14.0. The molecule has 0 atom stereocenters. The Kier molecular flexibility index (Phi) is 3.42. The van der Waals surface area contributed by atoms with Crippen molar-refractivity contribution in [2.24, 2.45) is 5.73 Å². The zero-order valence-corrected chi connectivity index (χ0v) is 10.9. The van der Waals surface area contributed by atoms with Gasteiger partial charge < -0.3 is 10.5 Å². The van der Waals surface area contributed by atoms with Gasteiger partial charge in [-0.1, -0.05) is 12.1 Å². The molecule has 0 bridgehead atoms. The molecule has 3 rings (SSSR count). The van der Waals surface area contributed by atoms with Crippen LogP contribution in [-0.2, 0) is 4.74 Å². The number of aromatic nitrogens is 4. The molecule has 3 N–H and O–H groups in total. The van der Waals surface area contributed by atoms with Crippen LogP contribution in [0.25, 0.3) is 11.4 Å². The van der Waals surface area contributed by atoms with Crippen LogP contribution < -0.4 is 5.73 Å². The first kappa shape index (κ1) is 12.7. The molecule has 1 aromatic carbocycles. The predicted molar refractivity (Wildman–Crippen MR) is 70.9 cm³/mol. The molecule has 1 fully saturated rings. The molecule has 0 unspecified atom stereocenters. The third-order valence-corrected chi connectivity index (χ3v) is 3.59. The number of aromatic amines is 1. The Bertz CT molecular complexity index is 605. The zero-order chi connectivity index (χ0) is 13.9. The molecule has 2 heterocycles. The summed E-state index contributed by atoms with van der Waals surface area (Å²) in [7, 11) is 0. The maximum absolute atomic E-state index is 11.7. The van der Waals surface area contributed by atoms with Crippen LogP contribution >= 0.6 is 0 Å². The van der Waals surface area contributed by atoms with Crippen molar-refractivity contribution in [3.63, 3.8) is 0 Å². The van der Waals surface area contributed by atoms with Gasteiger partial charge in [0.1, 0.15) is 0 Å². The highest BCUT2D eigenvalue weighted by atomic mass is 16.5. The molecule has 0 saturated carbocycles. The van der Waals surface area contributed by atoms with Crippen molar-refractivity contribution in [2.45, 2.75) is 18.8 Å². The summed E-state index contributed by atoms with van der Waals surface area (Å²) >= 11 is 0. The van der Waals surface area contributed by atoms with Crippen molar-refractivity contribution < 1.29 is 9.53 Å². The van der Waals surface area contributed by atoms with Gasteiger partial charge in [-0.15, -0.1) is 10.2 Å². The van der Waals surface area contributed by atoms with Gasteiger partial charge in [0.15, 0.2) is 0 Å². The molecular formula is C13H15N5O2. The fraction of sp³-hybridized carbons (Fsp3) is 0.385. The fourth-order valence-electron chi connectivity index (χ4n) is 2.64. The van der Waals surface area contributed by atoms with Gasteiger partial charge in [-0.3, -0.25) is 4.79 Å². The number of nitrogens with one attached hydrogen (secondary N) is 1. The van der Waals surface area contributed by atoms with Gasteiger partial charge in [0.2, 0.25) is 11.7 Å². The van der Waals surface area contributed by atoms with Crippen molar-refractivity contribution in [1.82, 2.24) is 20.6 Å². The lowest BCUT2D eigenvalue weighted by molar-refractivity contribution is 0.0854. The maximum atomic E-state index is 11.7. The van der Waals surface area contributed by atoms with E-state index in [0.29, 0.717) is 22.9 Å². The van der Waals surface area contributed by atoms with E-state index >= 15 is 0 Å². The van der Waals surface area contributed by atoms with E-state index < -0.39 is 5.91 Å². The number of benzene rings is 1. The molecule has 0 spiro atoms. The normalized spacial score (nSPS) is 16.2. The van der Waals surface area contributed by atoms with E-state index in [1.54, 1.807) is 6.07 Å². The number of nitrogens with zero attached hydrogens (tertiary/aromatic N) is 3. The average Bonchev–Trinajstić information content (AvgIpc) is 3.01. The van der Waals surface area contributed by atoms with E-state index in [0.717, 1.165) is 31.6 Å². The van der Waals surface area contributed by atoms with Gasteiger partial charge in [0.05, 0.1) is 5.56 Å². The first-order valence-electron chi connectivity index (χ1n) is 6.51. The van der Waals surface area contributed by atoms with Crippen LogP contribution in [0.3, 0.4) is 0 Å². The fourth-order valence-corrected chi connectivity index (χ4v) is 2.64. The molecule has 0 radical (unpaired) electrons. The Morgan fingerprint density at radius 2 is 2.15 bits per heavy atom. The Morgan fingerprint density at radius 3 is 2.80 bits per heavy atom. The lowest BCUT2D eigenvalue weighted by atomic mass is 9.86. The second-order valence-electron chi connectivity index (χ2n) is 4.76. The van der Waals surface area contributed by atoms with Crippen LogP contribution in [0.2, 0.25) is 0 Å². The second-order valence-corrected chi connectivity index (χ2v) is 4.76. The summed E-state index contributed by atoms with van der Waals surface area (Å²) in [5.74, 6) is 0.233. The molecule has 1 saturated heterocycles. The lowest BCUT2D eigenvalue weighted by Crippen LogP contribution is -2.18. The smallest absolute Gasteiger partial charge is 0.249 e. The summed E-state index contributed by atoms with van der Waals surface area (Å²) in [5.41, 5.74) is 7.61. The number of carbonyl (C=O) groups is 1. The summed E-state index contributed by atoms with van der Waals surface area (Å²) in [6.07, 6.45) is 1.82. The molecule has 104 valence electrons. The topological polar surface area (TPSA) is 107 Å². The Labute approximate surface area is 115 Å². The minimum absolute atomic E-state index is 0.316. The predicted octanol–water partition coefficient (Wildman–Crippen LogP) is 0.860. The van der Waals surface area contributed by atoms with Gasteiger partial charge in [0, 0.05) is 18.8 Å². The number of H-pyrrole nitrogens is 1. The van der Waals surface area contributed by atoms with Gasteiger partial charge in [-0.05, 0) is 35.6 Å². The largest absolute Gasteiger partial charge is 0.381 e. The quantitative estimate of drug-likeness (QED) is 0.862. The zero-order valence-electron chi connectivity index (χ0n) is 10.9. The summed E-state index contributed by atoms with van der Waals surface area (Å²) < 4.78 is 5.39. The summed E-state index contributed by atoms with van der Waals surface area (Å²) in [6, 6.07) is 5.53. The molecule has 20 heavy (non-hydrogen) atoms. The minimum Gasteiger partial charge on any atom is -0.381 e. The highest BCUT2D eigenvalue weighted by molar-refractivity contribution is 5.99. The van der Waals surface area contributed by atoms with Crippen molar-refractivity contribution in [2.75, 3.05) is 13.2 Å². The molecular weight excluding hydrogens is 258 g/mol. The van der Waals surface area contributed by atoms with Gasteiger partial charge in [-0.2, -0.15) is 5.21 Å². The van der Waals surface area contributed by atoms with Crippen molar-refractivity contribution in [3.8, 4) is 11.4 Å². The standard InChI is InChI=1S/C13H15N5O2/c14-12(19)10-3-1-2-9(8-4-6-20-7-5-8)11(10)13-15-17-18-16-13/h1-3,8H,4-7H2,(H2,14,19)(H,15,16,17,18). The Morgan fingerprint density at radius 1 is 1.35 bits per heavy atom. The first-order valence-corrected chi connectivity index (χ1v) is 6.51. The Balaban J connectivity index is 2.13. The molecule has 7 heteroatoms. The number of hydrogen-bond donors (Lipinski definition) is 2. The van der Waals surface area contributed by atoms with E-state index in [1.807, 2.05) is 12.1 Å². The summed E-state index contributed by atoms with van der Waals surface area (Å²) in [6.45, 7) is 1.44. The number of amides is 1. The number of ether oxygens (including phenoxy) is 1. The average molecular weight is 273 g/mol. The lowest BCUT2D eigenvalue weighted by Gasteiger charge is -2.24. The number of primary amides is 1. The highest BCUT2D eigenvalue weighted by Crippen LogP contribution is 2.35. The minimum atomic E-state index is -0.487. The van der Waals surface area contributed by atoms with E-state index in [2.05, 4.69) is 20.6 Å². The number of rotatable bonds is 3. The SMILES string of the molecule is NC(=O)c1cccc(C2CCOCC2)c1-c1nn[nH]n1. The van der Waals surface area contributed by atoms with Crippen LogP contribution in [0.4, 0.5) is 0 Å². The number of hydrogen-bond acceptors (Lipinski definition) is 5. The van der Waals surface area contributed by atoms with Gasteiger partial charge in [0.25, 0.3) is 0 Å². The van der Waals surface area contributed by atoms with Crippen molar-refractivity contribution >= 4 is 5.91 Å². The molecule has 2 aromatic rings. The van der Waals surface area contributed by atoms with Crippen LogP contribution in [0.1, 0.15) is 34.7 Å². The van der Waals surface area contributed by atoms with E-state index in [4.69, 9.17) is 10.5 Å². The molecule has 0 aliphatic carbocycles. The van der Waals surface area contributed by atoms with Crippen LogP contribution in [0, 0.1) is 0 Å². The van der Waals surface area contributed by atoms with Crippen molar-refractivity contribution in [3.05, 3.63) is 29.3 Å². The van der Waals surface area contributed by atoms with Gasteiger partial charge in [-0.25, -0.2) is 0 Å². The highest BCUT2D eigenvalue weighted by Gasteiger charge is 2.24. The number of nitrogens with two attached hydrogens (primary N) is 1. The van der Waals surface area contributed by atoms with Gasteiger partial charge >= 0.3 is 0 Å². The Hall–Kier alpha value is -2.28. The molecule has 1 amide bonds. The monoisotopic (exact) mass is 273 g/mol. The third kappa shape index (κ3) is 2.27. The van der Waals surface area contributed by atoms with Crippen molar-refractivity contribution in [1.29, 1.82) is 0 Å². The number of carbonyl (C=O) groups excluding carboxylic acids is 1. The second kappa shape index (κ2) is 5.38. The molecule has 1 aliphatic heterocycles. The van der Waals surface area contributed by atoms with Crippen LogP contribution in [0.15, 0.2) is 18.2 Å². The third-order valence-electron chi connectivity index (χ3n) is 3.59. The first-order chi connectivity index (χ1) is 9.77.